The SMILES string of the molecule is NC(=O)c1ccc(CN(CCCO)C2CCCc3ccccc32)cc1. The van der Waals surface area contributed by atoms with E-state index in [-0.39, 0.29) is 6.61 Å². The van der Waals surface area contributed by atoms with E-state index in [1.54, 1.807) is 12.1 Å². The van der Waals surface area contributed by atoms with E-state index >= 15 is 0 Å². The van der Waals surface area contributed by atoms with Gasteiger partial charge in [0.05, 0.1) is 0 Å². The number of carbonyl (C=O) groups excluding carboxylic acids is 1. The quantitative estimate of drug-likeness (QED) is 0.815. The van der Waals surface area contributed by atoms with Crippen molar-refractivity contribution in [3.63, 3.8) is 0 Å². The molecule has 2 aromatic carbocycles. The summed E-state index contributed by atoms with van der Waals surface area (Å²) < 4.78 is 0. The zero-order chi connectivity index (χ0) is 17.6. The molecule has 3 N–H and O–H groups in total. The van der Waals surface area contributed by atoms with E-state index < -0.39 is 5.91 Å². The van der Waals surface area contributed by atoms with E-state index in [4.69, 9.17) is 5.73 Å². The monoisotopic (exact) mass is 338 g/mol. The average Bonchev–Trinajstić information content (AvgIpc) is 2.65. The molecular formula is C21H26N2O2. The lowest BCUT2D eigenvalue weighted by molar-refractivity contribution is 0.1000. The van der Waals surface area contributed by atoms with E-state index in [9.17, 15) is 9.90 Å². The highest BCUT2D eigenvalue weighted by molar-refractivity contribution is 5.92. The largest absolute Gasteiger partial charge is 0.396 e. The first-order valence-corrected chi connectivity index (χ1v) is 9.00. The van der Waals surface area contributed by atoms with Crippen molar-refractivity contribution in [1.82, 2.24) is 4.90 Å². The van der Waals surface area contributed by atoms with Crippen LogP contribution in [0.25, 0.3) is 0 Å². The molecule has 0 aromatic heterocycles. The Bertz CT molecular complexity index is 712. The van der Waals surface area contributed by atoms with Crippen molar-refractivity contribution < 1.29 is 9.90 Å². The van der Waals surface area contributed by atoms with E-state index in [0.717, 1.165) is 37.9 Å². The molecule has 0 radical (unpaired) electrons. The number of fused-ring (bicyclic) bond motifs is 1. The van der Waals surface area contributed by atoms with Crippen molar-refractivity contribution in [2.75, 3.05) is 13.2 Å². The van der Waals surface area contributed by atoms with Crippen LogP contribution in [0.1, 0.15) is 52.4 Å². The Morgan fingerprint density at radius 1 is 1.16 bits per heavy atom. The molecule has 0 saturated heterocycles. The summed E-state index contributed by atoms with van der Waals surface area (Å²) in [6.45, 7) is 1.86. The van der Waals surface area contributed by atoms with E-state index in [2.05, 4.69) is 29.2 Å². The molecule has 132 valence electrons. The van der Waals surface area contributed by atoms with Gasteiger partial charge in [-0.1, -0.05) is 36.4 Å². The van der Waals surface area contributed by atoms with Gasteiger partial charge in [0.2, 0.25) is 5.91 Å². The second-order valence-corrected chi connectivity index (χ2v) is 6.72. The minimum Gasteiger partial charge on any atom is -0.396 e. The van der Waals surface area contributed by atoms with Crippen LogP contribution in [0.5, 0.6) is 0 Å². The summed E-state index contributed by atoms with van der Waals surface area (Å²) in [5.41, 5.74) is 9.88. The molecule has 1 amide bonds. The highest BCUT2D eigenvalue weighted by Gasteiger charge is 2.25. The van der Waals surface area contributed by atoms with Crippen LogP contribution in [0.2, 0.25) is 0 Å². The predicted molar refractivity (Wildman–Crippen MR) is 99.2 cm³/mol. The average molecular weight is 338 g/mol. The molecule has 0 spiro atoms. The molecule has 1 aliphatic rings. The first-order chi connectivity index (χ1) is 12.2. The molecule has 1 unspecified atom stereocenters. The molecule has 25 heavy (non-hydrogen) atoms. The first kappa shape index (κ1) is 17.6. The third-order valence-corrected chi connectivity index (χ3v) is 5.01. The number of aliphatic hydroxyl groups is 1. The molecule has 1 aliphatic carbocycles. The highest BCUT2D eigenvalue weighted by atomic mass is 16.3. The summed E-state index contributed by atoms with van der Waals surface area (Å²) in [6, 6.07) is 16.6. The Morgan fingerprint density at radius 2 is 1.92 bits per heavy atom. The number of nitrogens with zero attached hydrogens (tertiary/aromatic N) is 1. The van der Waals surface area contributed by atoms with Gasteiger partial charge in [-0.25, -0.2) is 0 Å². The van der Waals surface area contributed by atoms with Gasteiger partial charge >= 0.3 is 0 Å². The van der Waals surface area contributed by atoms with Crippen LogP contribution in [-0.2, 0) is 13.0 Å². The van der Waals surface area contributed by atoms with Gasteiger partial charge in [0.15, 0.2) is 0 Å². The standard InChI is InChI=1S/C21H26N2O2/c22-21(25)18-11-9-16(10-12-18)15-23(13-4-14-24)20-8-3-6-17-5-1-2-7-19(17)20/h1-2,5,7,9-12,20,24H,3-4,6,8,13-15H2,(H2,22,25). The van der Waals surface area contributed by atoms with Crippen LogP contribution in [0, 0.1) is 0 Å². The lowest BCUT2D eigenvalue weighted by Gasteiger charge is -2.36. The number of hydrogen-bond acceptors (Lipinski definition) is 3. The molecule has 4 nitrogen and oxygen atoms in total. The number of primary amides is 1. The third kappa shape index (κ3) is 4.27. The number of nitrogens with two attached hydrogens (primary N) is 1. The van der Waals surface area contributed by atoms with Gasteiger partial charge < -0.3 is 10.8 Å². The molecule has 0 fully saturated rings. The van der Waals surface area contributed by atoms with Gasteiger partial charge in [0.25, 0.3) is 0 Å². The number of rotatable bonds is 7. The van der Waals surface area contributed by atoms with Crippen LogP contribution in [-0.4, -0.2) is 29.1 Å². The highest BCUT2D eigenvalue weighted by Crippen LogP contribution is 2.35. The molecule has 0 aliphatic heterocycles. The van der Waals surface area contributed by atoms with Crippen molar-refractivity contribution in [3.05, 3.63) is 70.8 Å². The van der Waals surface area contributed by atoms with Gasteiger partial charge in [-0.15, -0.1) is 0 Å². The molecule has 1 atom stereocenters. The van der Waals surface area contributed by atoms with Crippen LogP contribution in [0.3, 0.4) is 0 Å². The van der Waals surface area contributed by atoms with Gasteiger partial charge in [-0.2, -0.15) is 0 Å². The molecular weight excluding hydrogens is 312 g/mol. The predicted octanol–water partition coefficient (Wildman–Crippen LogP) is 3.05. The van der Waals surface area contributed by atoms with Gasteiger partial charge in [-0.3, -0.25) is 9.69 Å². The second kappa shape index (κ2) is 8.28. The van der Waals surface area contributed by atoms with E-state index in [0.29, 0.717) is 11.6 Å². The smallest absolute Gasteiger partial charge is 0.248 e. The van der Waals surface area contributed by atoms with Crippen LogP contribution < -0.4 is 5.73 Å². The lowest BCUT2D eigenvalue weighted by Crippen LogP contribution is -2.32. The van der Waals surface area contributed by atoms with Crippen LogP contribution in [0.15, 0.2) is 48.5 Å². The zero-order valence-electron chi connectivity index (χ0n) is 14.5. The fourth-order valence-corrected chi connectivity index (χ4v) is 3.74. The van der Waals surface area contributed by atoms with Gasteiger partial charge in [0, 0.05) is 31.3 Å². The van der Waals surface area contributed by atoms with Crippen molar-refractivity contribution in [2.45, 2.75) is 38.3 Å². The molecule has 4 heteroatoms. The normalized spacial score (nSPS) is 16.6. The van der Waals surface area contributed by atoms with Crippen molar-refractivity contribution in [3.8, 4) is 0 Å². The Labute approximate surface area is 149 Å². The fraction of sp³-hybridized carbons (Fsp3) is 0.381. The van der Waals surface area contributed by atoms with Gasteiger partial charge in [-0.05, 0) is 54.5 Å². The lowest BCUT2D eigenvalue weighted by atomic mass is 9.86. The van der Waals surface area contributed by atoms with Crippen LogP contribution in [0.4, 0.5) is 0 Å². The zero-order valence-corrected chi connectivity index (χ0v) is 14.5. The Kier molecular flexibility index (Phi) is 5.84. The number of amides is 1. The number of carbonyl (C=O) groups is 1. The number of hydrogen-bond donors (Lipinski definition) is 2. The summed E-state index contributed by atoms with van der Waals surface area (Å²) in [6.07, 6.45) is 4.24. The fourth-order valence-electron chi connectivity index (χ4n) is 3.74. The maximum Gasteiger partial charge on any atom is 0.248 e. The summed E-state index contributed by atoms with van der Waals surface area (Å²) in [5, 5.41) is 9.29. The maximum absolute atomic E-state index is 11.2. The minimum absolute atomic E-state index is 0.200. The maximum atomic E-state index is 11.2. The van der Waals surface area contributed by atoms with Gasteiger partial charge in [0.1, 0.15) is 0 Å². The summed E-state index contributed by atoms with van der Waals surface area (Å²) in [5.74, 6) is -0.398. The minimum atomic E-state index is -0.398. The van der Waals surface area contributed by atoms with Crippen molar-refractivity contribution >= 4 is 5.91 Å². The summed E-state index contributed by atoms with van der Waals surface area (Å²) in [7, 11) is 0. The Balaban J connectivity index is 1.81. The Hall–Kier alpha value is -2.17. The van der Waals surface area contributed by atoms with Crippen molar-refractivity contribution in [2.24, 2.45) is 5.73 Å². The van der Waals surface area contributed by atoms with E-state index in [1.165, 1.54) is 17.5 Å². The molecule has 0 saturated carbocycles. The molecule has 3 rings (SSSR count). The molecule has 0 heterocycles. The number of aryl methyl sites for hydroxylation is 1. The molecule has 2 aromatic rings. The number of aliphatic hydroxyl groups excluding tert-OH is 1. The summed E-state index contributed by atoms with van der Waals surface area (Å²) >= 11 is 0. The summed E-state index contributed by atoms with van der Waals surface area (Å²) in [4.78, 5) is 13.7. The van der Waals surface area contributed by atoms with Crippen molar-refractivity contribution in [1.29, 1.82) is 0 Å². The third-order valence-electron chi connectivity index (χ3n) is 5.01. The van der Waals surface area contributed by atoms with E-state index in [1.807, 2.05) is 12.1 Å². The number of benzene rings is 2. The molecule has 0 bridgehead atoms. The first-order valence-electron chi connectivity index (χ1n) is 9.00. The van der Waals surface area contributed by atoms with Crippen LogP contribution >= 0.6 is 0 Å². The second-order valence-electron chi connectivity index (χ2n) is 6.72. The Morgan fingerprint density at radius 3 is 2.64 bits per heavy atom. The topological polar surface area (TPSA) is 66.6 Å².